The van der Waals surface area contributed by atoms with Crippen LogP contribution in [0.25, 0.3) is 0 Å². The molecule has 0 radical (unpaired) electrons. The van der Waals surface area contributed by atoms with Gasteiger partial charge < -0.3 is 4.90 Å². The third-order valence-corrected chi connectivity index (χ3v) is 6.09. The molecule has 0 bridgehead atoms. The predicted molar refractivity (Wildman–Crippen MR) is 87.6 cm³/mol. The van der Waals surface area contributed by atoms with Gasteiger partial charge in [0, 0.05) is 25.0 Å². The molecule has 1 atom stereocenters. The van der Waals surface area contributed by atoms with Crippen molar-refractivity contribution < 1.29 is 8.42 Å². The molecule has 1 aliphatic rings. The van der Waals surface area contributed by atoms with E-state index in [1.165, 1.54) is 12.7 Å². The minimum atomic E-state index is -2.90. The third-order valence-electron chi connectivity index (χ3n) is 4.41. The summed E-state index contributed by atoms with van der Waals surface area (Å²) in [7, 11) is -2.90. The Morgan fingerprint density at radius 3 is 2.48 bits per heavy atom. The first-order chi connectivity index (χ1) is 9.91. The molecule has 21 heavy (non-hydrogen) atoms. The molecule has 1 aromatic rings. The van der Waals surface area contributed by atoms with Crippen LogP contribution in [0.4, 0.5) is 5.69 Å². The van der Waals surface area contributed by atoms with Gasteiger partial charge in [0.15, 0.2) is 0 Å². The second-order valence-electron chi connectivity index (χ2n) is 6.15. The SMILES string of the molecule is CCCC(C)c1ccc(N2CCC(S(C)(=O)=O)CC2)cn1. The summed E-state index contributed by atoms with van der Waals surface area (Å²) in [5.74, 6) is 0.500. The monoisotopic (exact) mass is 310 g/mol. The summed E-state index contributed by atoms with van der Waals surface area (Å²) in [6.45, 7) is 5.99. The Labute approximate surface area is 128 Å². The highest BCUT2D eigenvalue weighted by Crippen LogP contribution is 2.25. The van der Waals surface area contributed by atoms with Crippen LogP contribution in [0.1, 0.15) is 51.1 Å². The first-order valence-corrected chi connectivity index (χ1v) is 9.77. The van der Waals surface area contributed by atoms with E-state index in [4.69, 9.17) is 0 Å². The van der Waals surface area contributed by atoms with Gasteiger partial charge in [0.2, 0.25) is 0 Å². The summed E-state index contributed by atoms with van der Waals surface area (Å²) in [5, 5.41) is -0.175. The van der Waals surface area contributed by atoms with E-state index in [0.29, 0.717) is 18.8 Å². The standard InChI is InChI=1S/C16H26N2O2S/c1-4-5-13(2)16-7-6-14(12-17-16)18-10-8-15(9-11-18)21(3,19)20/h6-7,12-13,15H,4-5,8-11H2,1-3H3. The maximum Gasteiger partial charge on any atom is 0.150 e. The Bertz CT molecular complexity index is 546. The van der Waals surface area contributed by atoms with Crippen molar-refractivity contribution in [1.82, 2.24) is 4.98 Å². The zero-order valence-electron chi connectivity index (χ0n) is 13.2. The number of sulfone groups is 1. The van der Waals surface area contributed by atoms with Crippen LogP contribution in [0.5, 0.6) is 0 Å². The highest BCUT2D eigenvalue weighted by Gasteiger charge is 2.26. The van der Waals surface area contributed by atoms with Crippen LogP contribution in [0.15, 0.2) is 18.3 Å². The van der Waals surface area contributed by atoms with E-state index in [-0.39, 0.29) is 5.25 Å². The average Bonchev–Trinajstić information content (AvgIpc) is 2.47. The number of aromatic nitrogens is 1. The topological polar surface area (TPSA) is 50.3 Å². The highest BCUT2D eigenvalue weighted by molar-refractivity contribution is 7.91. The van der Waals surface area contributed by atoms with E-state index >= 15 is 0 Å². The Hall–Kier alpha value is -1.10. The third kappa shape index (κ3) is 4.19. The molecular weight excluding hydrogens is 284 g/mol. The lowest BCUT2D eigenvalue weighted by Gasteiger charge is -2.32. The molecular formula is C16H26N2O2S. The van der Waals surface area contributed by atoms with Crippen molar-refractivity contribution in [2.24, 2.45) is 0 Å². The zero-order valence-corrected chi connectivity index (χ0v) is 14.1. The molecule has 1 unspecified atom stereocenters. The molecule has 0 spiro atoms. The summed E-state index contributed by atoms with van der Waals surface area (Å²) in [6, 6.07) is 4.23. The van der Waals surface area contributed by atoms with E-state index < -0.39 is 9.84 Å². The van der Waals surface area contributed by atoms with Crippen molar-refractivity contribution >= 4 is 15.5 Å². The molecule has 0 N–H and O–H groups in total. The van der Waals surface area contributed by atoms with Crippen molar-refractivity contribution in [3.05, 3.63) is 24.0 Å². The van der Waals surface area contributed by atoms with Crippen LogP contribution in [0.3, 0.4) is 0 Å². The van der Waals surface area contributed by atoms with Crippen molar-refractivity contribution in [1.29, 1.82) is 0 Å². The van der Waals surface area contributed by atoms with E-state index in [9.17, 15) is 8.42 Å². The molecule has 0 saturated carbocycles. The van der Waals surface area contributed by atoms with Gasteiger partial charge in [-0.2, -0.15) is 0 Å². The van der Waals surface area contributed by atoms with Crippen molar-refractivity contribution in [2.75, 3.05) is 24.2 Å². The van der Waals surface area contributed by atoms with Crippen LogP contribution in [-0.4, -0.2) is 38.0 Å². The number of hydrogen-bond donors (Lipinski definition) is 0. The average molecular weight is 310 g/mol. The molecule has 1 aliphatic heterocycles. The number of hydrogen-bond acceptors (Lipinski definition) is 4. The molecule has 0 aliphatic carbocycles. The molecule has 2 rings (SSSR count). The fraction of sp³-hybridized carbons (Fsp3) is 0.688. The lowest BCUT2D eigenvalue weighted by Crippen LogP contribution is -2.39. The van der Waals surface area contributed by atoms with E-state index in [1.54, 1.807) is 0 Å². The number of anilines is 1. The molecule has 2 heterocycles. The zero-order chi connectivity index (χ0) is 15.5. The van der Waals surface area contributed by atoms with Crippen LogP contribution >= 0.6 is 0 Å². The van der Waals surface area contributed by atoms with Gasteiger partial charge in [0.05, 0.1) is 17.1 Å². The highest BCUT2D eigenvalue weighted by atomic mass is 32.2. The van der Waals surface area contributed by atoms with Gasteiger partial charge in [0.1, 0.15) is 9.84 Å². The molecule has 1 fully saturated rings. The Balaban J connectivity index is 1.98. The number of rotatable bonds is 5. The molecule has 4 nitrogen and oxygen atoms in total. The fourth-order valence-corrected chi connectivity index (χ4v) is 4.07. The number of pyridine rings is 1. The van der Waals surface area contributed by atoms with Gasteiger partial charge in [-0.15, -0.1) is 0 Å². The second-order valence-corrected chi connectivity index (χ2v) is 8.47. The Kier molecular flexibility index (Phi) is 5.25. The van der Waals surface area contributed by atoms with Gasteiger partial charge in [-0.1, -0.05) is 20.3 Å². The molecule has 118 valence electrons. The van der Waals surface area contributed by atoms with Crippen LogP contribution in [0.2, 0.25) is 0 Å². The first kappa shape index (κ1) is 16.3. The van der Waals surface area contributed by atoms with Crippen molar-refractivity contribution in [3.63, 3.8) is 0 Å². The molecule has 0 amide bonds. The normalized spacial score (nSPS) is 18.7. The van der Waals surface area contributed by atoms with Gasteiger partial charge >= 0.3 is 0 Å². The molecule has 1 saturated heterocycles. The maximum atomic E-state index is 11.6. The second kappa shape index (κ2) is 6.77. The first-order valence-electron chi connectivity index (χ1n) is 7.81. The lowest BCUT2D eigenvalue weighted by molar-refractivity contribution is 0.534. The van der Waals surface area contributed by atoms with E-state index in [0.717, 1.165) is 30.9 Å². The van der Waals surface area contributed by atoms with Crippen LogP contribution in [0, 0.1) is 0 Å². The number of piperidine rings is 1. The smallest absolute Gasteiger partial charge is 0.150 e. The van der Waals surface area contributed by atoms with Crippen molar-refractivity contribution in [2.45, 2.75) is 50.7 Å². The Morgan fingerprint density at radius 2 is 2.00 bits per heavy atom. The molecule has 5 heteroatoms. The summed E-state index contributed by atoms with van der Waals surface area (Å²) < 4.78 is 23.2. The van der Waals surface area contributed by atoms with Gasteiger partial charge in [-0.3, -0.25) is 4.98 Å². The van der Waals surface area contributed by atoms with Crippen LogP contribution in [-0.2, 0) is 9.84 Å². The van der Waals surface area contributed by atoms with Gasteiger partial charge in [-0.25, -0.2) is 8.42 Å². The molecule has 0 aromatic carbocycles. The van der Waals surface area contributed by atoms with Gasteiger partial charge in [-0.05, 0) is 37.3 Å². The minimum Gasteiger partial charge on any atom is -0.370 e. The summed E-state index contributed by atoms with van der Waals surface area (Å²) in [6.07, 6.45) is 7.04. The van der Waals surface area contributed by atoms with Gasteiger partial charge in [0.25, 0.3) is 0 Å². The Morgan fingerprint density at radius 1 is 1.33 bits per heavy atom. The van der Waals surface area contributed by atoms with Crippen LogP contribution < -0.4 is 4.90 Å². The summed E-state index contributed by atoms with van der Waals surface area (Å²) in [4.78, 5) is 6.82. The van der Waals surface area contributed by atoms with E-state index in [1.807, 2.05) is 6.20 Å². The summed E-state index contributed by atoms with van der Waals surface area (Å²) >= 11 is 0. The maximum absolute atomic E-state index is 11.6. The minimum absolute atomic E-state index is 0.175. The molecule has 1 aromatic heterocycles. The number of nitrogens with zero attached hydrogens (tertiary/aromatic N) is 2. The quantitative estimate of drug-likeness (QED) is 0.839. The van der Waals surface area contributed by atoms with Crippen molar-refractivity contribution in [3.8, 4) is 0 Å². The van der Waals surface area contributed by atoms with E-state index in [2.05, 4.69) is 35.9 Å². The largest absolute Gasteiger partial charge is 0.370 e. The fourth-order valence-electron chi connectivity index (χ4n) is 3.00. The lowest BCUT2D eigenvalue weighted by atomic mass is 10.0. The predicted octanol–water partition coefficient (Wildman–Crippen LogP) is 3.00. The summed E-state index contributed by atoms with van der Waals surface area (Å²) in [5.41, 5.74) is 2.25.